The largest absolute Gasteiger partial charge is 0.316 e. The molecule has 0 spiro atoms. The molecule has 0 saturated heterocycles. The number of benzene rings is 1. The fourth-order valence-corrected chi connectivity index (χ4v) is 3.87. The molecule has 0 aromatic heterocycles. The maximum absolute atomic E-state index is 3.28. The average Bonchev–Trinajstić information content (AvgIpc) is 2.34. The van der Waals surface area contributed by atoms with E-state index in [2.05, 4.69) is 42.2 Å². The molecular formula is C15H23NS. The van der Waals surface area contributed by atoms with Crippen molar-refractivity contribution in [2.45, 2.75) is 55.7 Å². The second kappa shape index (κ2) is 6.46. The van der Waals surface area contributed by atoms with Gasteiger partial charge in [-0.15, -0.1) is 11.8 Å². The third-order valence-corrected chi connectivity index (χ3v) is 4.89. The van der Waals surface area contributed by atoms with E-state index in [-0.39, 0.29) is 0 Å². The van der Waals surface area contributed by atoms with E-state index in [1.807, 2.05) is 7.05 Å². The van der Waals surface area contributed by atoms with E-state index in [1.54, 1.807) is 0 Å². The summed E-state index contributed by atoms with van der Waals surface area (Å²) >= 11 is 2.10. The highest BCUT2D eigenvalue weighted by molar-refractivity contribution is 8.00. The quantitative estimate of drug-likeness (QED) is 0.860. The molecule has 1 nitrogen and oxygen atoms in total. The molecule has 94 valence electrons. The van der Waals surface area contributed by atoms with Crippen LogP contribution in [-0.2, 0) is 6.54 Å². The van der Waals surface area contributed by atoms with E-state index < -0.39 is 0 Å². The van der Waals surface area contributed by atoms with Crippen molar-refractivity contribution in [3.63, 3.8) is 0 Å². The fourth-order valence-electron chi connectivity index (χ4n) is 2.51. The Morgan fingerprint density at radius 3 is 2.71 bits per heavy atom. The number of hydrogen-bond donors (Lipinski definition) is 1. The minimum atomic E-state index is 0.849. The molecule has 1 aliphatic carbocycles. The number of thioether (sulfide) groups is 1. The lowest BCUT2D eigenvalue weighted by Gasteiger charge is -2.22. The van der Waals surface area contributed by atoms with Crippen LogP contribution in [0, 0.1) is 6.92 Å². The summed E-state index contributed by atoms with van der Waals surface area (Å²) < 4.78 is 0. The molecule has 1 aromatic rings. The third kappa shape index (κ3) is 3.75. The Bertz CT molecular complexity index is 356. The summed E-state index contributed by atoms with van der Waals surface area (Å²) in [5.41, 5.74) is 2.83. The first-order valence-electron chi connectivity index (χ1n) is 6.70. The standard InChI is InChI=1S/C15H23NS/c1-12-8-9-15(13(10-12)11-16-2)17-14-6-4-3-5-7-14/h8-10,14,16H,3-7,11H2,1-2H3. The second-order valence-electron chi connectivity index (χ2n) is 5.02. The first-order chi connectivity index (χ1) is 8.29. The lowest BCUT2D eigenvalue weighted by molar-refractivity contribution is 0.516. The van der Waals surface area contributed by atoms with Gasteiger partial charge < -0.3 is 5.32 Å². The van der Waals surface area contributed by atoms with Crippen LogP contribution in [0.2, 0.25) is 0 Å². The molecule has 0 amide bonds. The first kappa shape index (κ1) is 13.0. The van der Waals surface area contributed by atoms with Crippen molar-refractivity contribution in [2.24, 2.45) is 0 Å². The molecule has 1 aliphatic rings. The van der Waals surface area contributed by atoms with Crippen LogP contribution >= 0.6 is 11.8 Å². The number of nitrogens with one attached hydrogen (secondary N) is 1. The highest BCUT2D eigenvalue weighted by Gasteiger charge is 2.16. The van der Waals surface area contributed by atoms with Crippen LogP contribution < -0.4 is 5.32 Å². The number of hydrogen-bond acceptors (Lipinski definition) is 2. The Labute approximate surface area is 109 Å². The van der Waals surface area contributed by atoms with Gasteiger partial charge in [0.1, 0.15) is 0 Å². The van der Waals surface area contributed by atoms with Gasteiger partial charge in [-0.1, -0.05) is 37.0 Å². The van der Waals surface area contributed by atoms with E-state index in [1.165, 1.54) is 48.1 Å². The molecule has 1 N–H and O–H groups in total. The maximum atomic E-state index is 3.28. The van der Waals surface area contributed by atoms with Crippen molar-refractivity contribution in [3.8, 4) is 0 Å². The number of rotatable bonds is 4. The zero-order valence-electron chi connectivity index (χ0n) is 11.0. The van der Waals surface area contributed by atoms with Crippen molar-refractivity contribution in [1.82, 2.24) is 5.32 Å². The molecule has 2 rings (SSSR count). The zero-order chi connectivity index (χ0) is 12.1. The lowest BCUT2D eigenvalue weighted by Crippen LogP contribution is -2.10. The van der Waals surface area contributed by atoms with Crippen LogP contribution in [-0.4, -0.2) is 12.3 Å². The Morgan fingerprint density at radius 2 is 2.00 bits per heavy atom. The normalized spacial score (nSPS) is 17.3. The van der Waals surface area contributed by atoms with E-state index in [0.717, 1.165) is 11.8 Å². The van der Waals surface area contributed by atoms with Gasteiger partial charge in [-0.2, -0.15) is 0 Å². The van der Waals surface area contributed by atoms with Gasteiger partial charge in [0.15, 0.2) is 0 Å². The Kier molecular flexibility index (Phi) is 4.93. The van der Waals surface area contributed by atoms with E-state index in [9.17, 15) is 0 Å². The van der Waals surface area contributed by atoms with Crippen LogP contribution in [0.1, 0.15) is 43.2 Å². The summed E-state index contributed by atoms with van der Waals surface area (Å²) in [6.07, 6.45) is 7.08. The summed E-state index contributed by atoms with van der Waals surface area (Å²) in [7, 11) is 2.03. The minimum Gasteiger partial charge on any atom is -0.316 e. The zero-order valence-corrected chi connectivity index (χ0v) is 11.8. The molecule has 0 bridgehead atoms. The lowest BCUT2D eigenvalue weighted by atomic mass is 10.0. The molecule has 0 atom stereocenters. The third-order valence-electron chi connectivity index (χ3n) is 3.43. The molecule has 17 heavy (non-hydrogen) atoms. The monoisotopic (exact) mass is 249 g/mol. The van der Waals surface area contributed by atoms with Gasteiger partial charge in [-0.25, -0.2) is 0 Å². The van der Waals surface area contributed by atoms with Crippen molar-refractivity contribution in [3.05, 3.63) is 29.3 Å². The average molecular weight is 249 g/mol. The molecular weight excluding hydrogens is 226 g/mol. The Hall–Kier alpha value is -0.470. The van der Waals surface area contributed by atoms with Gasteiger partial charge in [0, 0.05) is 16.7 Å². The fraction of sp³-hybridized carbons (Fsp3) is 0.600. The molecule has 0 aliphatic heterocycles. The van der Waals surface area contributed by atoms with E-state index >= 15 is 0 Å². The van der Waals surface area contributed by atoms with Crippen LogP contribution in [0.4, 0.5) is 0 Å². The molecule has 0 unspecified atom stereocenters. The van der Waals surface area contributed by atoms with E-state index in [4.69, 9.17) is 0 Å². The second-order valence-corrected chi connectivity index (χ2v) is 6.36. The van der Waals surface area contributed by atoms with Crippen LogP contribution in [0.5, 0.6) is 0 Å². The highest BCUT2D eigenvalue weighted by Crippen LogP contribution is 2.35. The van der Waals surface area contributed by atoms with Crippen LogP contribution in [0.25, 0.3) is 0 Å². The Balaban J connectivity index is 2.07. The molecule has 2 heteroatoms. The Morgan fingerprint density at radius 1 is 1.24 bits per heavy atom. The first-order valence-corrected chi connectivity index (χ1v) is 7.58. The summed E-state index contributed by atoms with van der Waals surface area (Å²) in [5, 5.41) is 4.12. The van der Waals surface area contributed by atoms with Gasteiger partial charge in [-0.3, -0.25) is 0 Å². The van der Waals surface area contributed by atoms with Gasteiger partial charge in [0.05, 0.1) is 0 Å². The van der Waals surface area contributed by atoms with Crippen LogP contribution in [0.15, 0.2) is 23.1 Å². The van der Waals surface area contributed by atoms with Crippen molar-refractivity contribution in [2.75, 3.05) is 7.05 Å². The predicted octanol–water partition coefficient (Wildman–Crippen LogP) is 4.14. The van der Waals surface area contributed by atoms with Gasteiger partial charge in [-0.05, 0) is 38.4 Å². The molecule has 1 aromatic carbocycles. The summed E-state index contributed by atoms with van der Waals surface area (Å²) in [4.78, 5) is 1.48. The van der Waals surface area contributed by atoms with E-state index in [0.29, 0.717) is 0 Å². The molecule has 0 heterocycles. The van der Waals surface area contributed by atoms with Crippen molar-refractivity contribution in [1.29, 1.82) is 0 Å². The summed E-state index contributed by atoms with van der Waals surface area (Å²) in [6, 6.07) is 6.87. The van der Waals surface area contributed by atoms with Crippen molar-refractivity contribution >= 4 is 11.8 Å². The highest BCUT2D eigenvalue weighted by atomic mass is 32.2. The van der Waals surface area contributed by atoms with Gasteiger partial charge in [0.2, 0.25) is 0 Å². The SMILES string of the molecule is CNCc1cc(C)ccc1SC1CCCCC1. The smallest absolute Gasteiger partial charge is 0.0213 e. The molecule has 1 fully saturated rings. The topological polar surface area (TPSA) is 12.0 Å². The van der Waals surface area contributed by atoms with Crippen LogP contribution in [0.3, 0.4) is 0 Å². The minimum absolute atomic E-state index is 0.849. The summed E-state index contributed by atoms with van der Waals surface area (Å²) in [6.45, 7) is 3.16. The number of aryl methyl sites for hydroxylation is 1. The summed E-state index contributed by atoms with van der Waals surface area (Å²) in [5.74, 6) is 0. The molecule has 1 saturated carbocycles. The molecule has 0 radical (unpaired) electrons. The van der Waals surface area contributed by atoms with Gasteiger partial charge >= 0.3 is 0 Å². The predicted molar refractivity (Wildman–Crippen MR) is 76.7 cm³/mol. The maximum Gasteiger partial charge on any atom is 0.0213 e. The van der Waals surface area contributed by atoms with Gasteiger partial charge in [0.25, 0.3) is 0 Å². The van der Waals surface area contributed by atoms with Crippen molar-refractivity contribution < 1.29 is 0 Å².